The number of hydrogen-bond donors (Lipinski definition) is 2. The molecule has 4 rings (SSSR count). The first-order valence-corrected chi connectivity index (χ1v) is 10.3. The van der Waals surface area contributed by atoms with Crippen LogP contribution >= 0.6 is 0 Å². The SMILES string of the molecule is COC1CN([C@H]2CC[C@](CC#N)(n3cc(C(N)=O)c(NC(=O)C4CC4)n3)CC2)C1. The van der Waals surface area contributed by atoms with Crippen molar-refractivity contribution in [2.75, 3.05) is 25.5 Å². The van der Waals surface area contributed by atoms with E-state index < -0.39 is 11.4 Å². The van der Waals surface area contributed by atoms with Crippen molar-refractivity contribution in [3.63, 3.8) is 0 Å². The molecule has 2 heterocycles. The third-order valence-electron chi connectivity index (χ3n) is 6.68. The third-order valence-corrected chi connectivity index (χ3v) is 6.68. The number of nitriles is 1. The summed E-state index contributed by atoms with van der Waals surface area (Å²) in [5.74, 6) is -0.549. The van der Waals surface area contributed by atoms with Crippen LogP contribution in [0.25, 0.3) is 0 Å². The number of likely N-dealkylation sites (tertiary alicyclic amines) is 1. The number of ether oxygens (including phenoxy) is 1. The fourth-order valence-electron chi connectivity index (χ4n) is 4.51. The van der Waals surface area contributed by atoms with Gasteiger partial charge in [-0.1, -0.05) is 0 Å². The maximum atomic E-state index is 12.2. The van der Waals surface area contributed by atoms with E-state index in [1.807, 2.05) is 0 Å². The van der Waals surface area contributed by atoms with E-state index in [9.17, 15) is 14.9 Å². The monoisotopic (exact) mass is 400 g/mol. The molecule has 0 unspecified atom stereocenters. The minimum Gasteiger partial charge on any atom is -0.379 e. The number of carbonyl (C=O) groups is 2. The second-order valence-electron chi connectivity index (χ2n) is 8.57. The molecule has 29 heavy (non-hydrogen) atoms. The number of anilines is 1. The van der Waals surface area contributed by atoms with Crippen LogP contribution in [0.5, 0.6) is 0 Å². The Labute approximate surface area is 170 Å². The molecule has 1 aliphatic heterocycles. The van der Waals surface area contributed by atoms with E-state index in [2.05, 4.69) is 21.4 Å². The van der Waals surface area contributed by atoms with Crippen LogP contribution in [0.1, 0.15) is 55.3 Å². The van der Waals surface area contributed by atoms with Gasteiger partial charge < -0.3 is 15.8 Å². The highest BCUT2D eigenvalue weighted by Crippen LogP contribution is 2.41. The maximum Gasteiger partial charge on any atom is 0.254 e. The van der Waals surface area contributed by atoms with E-state index in [1.54, 1.807) is 18.0 Å². The summed E-state index contributed by atoms with van der Waals surface area (Å²) in [6.07, 6.45) is 7.43. The summed E-state index contributed by atoms with van der Waals surface area (Å²) in [6, 6.07) is 2.77. The molecule has 0 spiro atoms. The Hall–Kier alpha value is -2.44. The molecule has 1 aromatic rings. The molecule has 9 nitrogen and oxygen atoms in total. The molecule has 1 aromatic heterocycles. The van der Waals surface area contributed by atoms with Gasteiger partial charge in [0.25, 0.3) is 5.91 Å². The molecule has 0 radical (unpaired) electrons. The normalized spacial score (nSPS) is 27.8. The summed E-state index contributed by atoms with van der Waals surface area (Å²) in [4.78, 5) is 26.5. The van der Waals surface area contributed by atoms with Gasteiger partial charge in [0.2, 0.25) is 5.91 Å². The Kier molecular flexibility index (Phi) is 5.32. The van der Waals surface area contributed by atoms with E-state index >= 15 is 0 Å². The van der Waals surface area contributed by atoms with Crippen molar-refractivity contribution < 1.29 is 14.3 Å². The van der Waals surface area contributed by atoms with Crippen molar-refractivity contribution in [2.24, 2.45) is 11.7 Å². The average molecular weight is 400 g/mol. The highest BCUT2D eigenvalue weighted by Gasteiger charge is 2.42. The lowest BCUT2D eigenvalue weighted by Crippen LogP contribution is -2.57. The molecule has 0 bridgehead atoms. The van der Waals surface area contributed by atoms with Gasteiger partial charge in [0, 0.05) is 38.4 Å². The molecule has 1 saturated heterocycles. The summed E-state index contributed by atoms with van der Waals surface area (Å²) in [6.45, 7) is 1.91. The average Bonchev–Trinajstić information content (AvgIpc) is 3.43. The van der Waals surface area contributed by atoms with Gasteiger partial charge in [-0.3, -0.25) is 19.2 Å². The Morgan fingerprint density at radius 3 is 2.59 bits per heavy atom. The fraction of sp³-hybridized carbons (Fsp3) is 0.700. The van der Waals surface area contributed by atoms with Crippen LogP contribution in [-0.2, 0) is 15.1 Å². The summed E-state index contributed by atoms with van der Waals surface area (Å²) >= 11 is 0. The summed E-state index contributed by atoms with van der Waals surface area (Å²) in [5.41, 5.74) is 5.24. The molecule has 156 valence electrons. The number of carbonyl (C=O) groups excluding carboxylic acids is 2. The van der Waals surface area contributed by atoms with Crippen LogP contribution in [0.15, 0.2) is 6.20 Å². The number of hydrogen-bond acceptors (Lipinski definition) is 6. The lowest BCUT2D eigenvalue weighted by atomic mass is 9.76. The summed E-state index contributed by atoms with van der Waals surface area (Å²) in [7, 11) is 1.74. The number of nitrogens with two attached hydrogens (primary N) is 1. The van der Waals surface area contributed by atoms with Crippen LogP contribution in [0.3, 0.4) is 0 Å². The van der Waals surface area contributed by atoms with Crippen LogP contribution in [0.2, 0.25) is 0 Å². The third kappa shape index (κ3) is 3.87. The van der Waals surface area contributed by atoms with Crippen LogP contribution in [-0.4, -0.2) is 58.8 Å². The van der Waals surface area contributed by atoms with E-state index in [0.717, 1.165) is 51.6 Å². The Balaban J connectivity index is 1.51. The van der Waals surface area contributed by atoms with Crippen LogP contribution < -0.4 is 11.1 Å². The lowest BCUT2D eigenvalue weighted by molar-refractivity contribution is -0.117. The number of amides is 2. The van der Waals surface area contributed by atoms with Gasteiger partial charge in [-0.15, -0.1) is 0 Å². The molecule has 0 aromatic carbocycles. The second kappa shape index (κ2) is 7.76. The molecule has 3 aliphatic rings. The second-order valence-corrected chi connectivity index (χ2v) is 8.57. The number of aromatic nitrogens is 2. The van der Waals surface area contributed by atoms with Crippen molar-refractivity contribution in [3.8, 4) is 6.07 Å². The number of nitrogens with one attached hydrogen (secondary N) is 1. The Morgan fingerprint density at radius 2 is 2.03 bits per heavy atom. The number of primary amides is 1. The van der Waals surface area contributed by atoms with E-state index in [-0.39, 0.29) is 23.2 Å². The fourth-order valence-corrected chi connectivity index (χ4v) is 4.51. The number of methoxy groups -OCH3 is 1. The molecule has 2 amide bonds. The minimum absolute atomic E-state index is 0.00293. The van der Waals surface area contributed by atoms with Gasteiger partial charge in [0.15, 0.2) is 5.82 Å². The van der Waals surface area contributed by atoms with Crippen molar-refractivity contribution in [3.05, 3.63) is 11.8 Å². The highest BCUT2D eigenvalue weighted by molar-refractivity contribution is 6.02. The van der Waals surface area contributed by atoms with Crippen molar-refractivity contribution >= 4 is 17.6 Å². The molecule has 2 aliphatic carbocycles. The lowest BCUT2D eigenvalue weighted by Gasteiger charge is -2.48. The van der Waals surface area contributed by atoms with Gasteiger partial charge in [-0.05, 0) is 38.5 Å². The molecule has 9 heteroatoms. The minimum atomic E-state index is -0.630. The zero-order valence-electron chi connectivity index (χ0n) is 16.8. The highest BCUT2D eigenvalue weighted by atomic mass is 16.5. The first-order chi connectivity index (χ1) is 14.0. The molecular weight excluding hydrogens is 372 g/mol. The Morgan fingerprint density at radius 1 is 1.34 bits per heavy atom. The Bertz CT molecular complexity index is 826. The maximum absolute atomic E-state index is 12.2. The first-order valence-electron chi connectivity index (χ1n) is 10.3. The number of nitrogens with zero attached hydrogens (tertiary/aromatic N) is 4. The quantitative estimate of drug-likeness (QED) is 0.708. The van der Waals surface area contributed by atoms with Gasteiger partial charge in [-0.25, -0.2) is 0 Å². The molecule has 0 atom stereocenters. The molecule has 2 saturated carbocycles. The van der Waals surface area contributed by atoms with Crippen molar-refractivity contribution in [1.82, 2.24) is 14.7 Å². The summed E-state index contributed by atoms with van der Waals surface area (Å²) < 4.78 is 7.08. The van der Waals surface area contributed by atoms with Crippen molar-refractivity contribution in [1.29, 1.82) is 5.26 Å². The van der Waals surface area contributed by atoms with E-state index in [1.165, 1.54) is 0 Å². The predicted octanol–water partition coefficient (Wildman–Crippen LogP) is 1.21. The zero-order valence-corrected chi connectivity index (χ0v) is 16.8. The summed E-state index contributed by atoms with van der Waals surface area (Å²) in [5, 5.41) is 16.8. The standard InChI is InChI=1S/C20H28N6O3/c1-29-15-10-25(11-15)14-4-6-20(7-5-14,8-9-21)26-12-16(17(22)27)18(24-26)23-19(28)13-2-3-13/h12-15H,2-8,10-11H2,1H3,(H2,22,27)(H,23,24,28)/t14-,20-. The van der Waals surface area contributed by atoms with E-state index in [4.69, 9.17) is 10.5 Å². The van der Waals surface area contributed by atoms with Gasteiger partial charge in [0.1, 0.15) is 5.56 Å². The van der Waals surface area contributed by atoms with E-state index in [0.29, 0.717) is 18.6 Å². The topological polar surface area (TPSA) is 126 Å². The van der Waals surface area contributed by atoms with Crippen LogP contribution in [0, 0.1) is 17.2 Å². The molecule has 3 N–H and O–H groups in total. The van der Waals surface area contributed by atoms with Gasteiger partial charge in [-0.2, -0.15) is 10.4 Å². The van der Waals surface area contributed by atoms with Crippen LogP contribution in [0.4, 0.5) is 5.82 Å². The zero-order chi connectivity index (χ0) is 20.6. The predicted molar refractivity (Wildman–Crippen MR) is 105 cm³/mol. The first kappa shape index (κ1) is 19.9. The smallest absolute Gasteiger partial charge is 0.254 e. The van der Waals surface area contributed by atoms with Gasteiger partial charge >= 0.3 is 0 Å². The largest absolute Gasteiger partial charge is 0.379 e. The van der Waals surface area contributed by atoms with Gasteiger partial charge in [0.05, 0.1) is 24.1 Å². The number of rotatable bonds is 7. The van der Waals surface area contributed by atoms with Crippen molar-refractivity contribution in [2.45, 2.75) is 62.6 Å². The molecular formula is C20H28N6O3. The molecule has 3 fully saturated rings.